The van der Waals surface area contributed by atoms with Crippen LogP contribution >= 0.6 is 0 Å². The fourth-order valence-corrected chi connectivity index (χ4v) is 2.79. The molecule has 5 heteroatoms. The van der Waals surface area contributed by atoms with Gasteiger partial charge in [-0.25, -0.2) is 9.67 Å². The summed E-state index contributed by atoms with van der Waals surface area (Å²) in [6.45, 7) is 4.19. The number of aromatic amines is 1. The van der Waals surface area contributed by atoms with Crippen LogP contribution in [0.4, 0.5) is 5.69 Å². The van der Waals surface area contributed by atoms with Crippen LogP contribution in [0.1, 0.15) is 37.1 Å². The van der Waals surface area contributed by atoms with Gasteiger partial charge in [0.15, 0.2) is 5.82 Å². The molecule has 0 atom stereocenters. The van der Waals surface area contributed by atoms with Gasteiger partial charge in [-0.15, -0.1) is 0 Å². The van der Waals surface area contributed by atoms with Crippen molar-refractivity contribution in [3.8, 4) is 5.82 Å². The molecule has 25 heavy (non-hydrogen) atoms. The van der Waals surface area contributed by atoms with Crippen molar-refractivity contribution in [2.75, 3.05) is 0 Å². The van der Waals surface area contributed by atoms with Crippen LogP contribution in [0.3, 0.4) is 0 Å². The lowest BCUT2D eigenvalue weighted by atomic mass is 10.1. The molecule has 0 bridgehead atoms. The van der Waals surface area contributed by atoms with Gasteiger partial charge in [0.1, 0.15) is 0 Å². The van der Waals surface area contributed by atoms with Crippen molar-refractivity contribution < 1.29 is 0 Å². The van der Waals surface area contributed by atoms with Crippen molar-refractivity contribution in [1.82, 2.24) is 14.8 Å². The number of aliphatic imine (C=N–C) groups is 1. The van der Waals surface area contributed by atoms with Gasteiger partial charge in [0, 0.05) is 18.1 Å². The second-order valence-corrected chi connectivity index (χ2v) is 5.82. The van der Waals surface area contributed by atoms with Crippen LogP contribution in [-0.4, -0.2) is 21.0 Å². The highest BCUT2D eigenvalue weighted by Gasteiger charge is 2.13. The van der Waals surface area contributed by atoms with E-state index in [1.807, 2.05) is 30.3 Å². The van der Waals surface area contributed by atoms with E-state index in [0.29, 0.717) is 11.4 Å². The molecule has 3 rings (SSSR count). The lowest BCUT2D eigenvalue weighted by Crippen LogP contribution is -2.18. The Kier molecular flexibility index (Phi) is 5.23. The fraction of sp³-hybridized carbons (Fsp3) is 0.250. The van der Waals surface area contributed by atoms with Crippen molar-refractivity contribution in [1.29, 1.82) is 0 Å². The van der Waals surface area contributed by atoms with Gasteiger partial charge in [-0.2, -0.15) is 0 Å². The minimum absolute atomic E-state index is 0.125. The molecule has 0 spiro atoms. The quantitative estimate of drug-likeness (QED) is 0.696. The number of nitrogens with one attached hydrogen (secondary N) is 1. The third-order valence-corrected chi connectivity index (χ3v) is 4.09. The van der Waals surface area contributed by atoms with Crippen molar-refractivity contribution >= 4 is 11.9 Å². The largest absolute Gasteiger partial charge is 0.293 e. The van der Waals surface area contributed by atoms with E-state index < -0.39 is 0 Å². The maximum Gasteiger partial charge on any atom is 0.281 e. The van der Waals surface area contributed by atoms with Crippen LogP contribution in [0, 0.1) is 0 Å². The van der Waals surface area contributed by atoms with Gasteiger partial charge < -0.3 is 0 Å². The summed E-state index contributed by atoms with van der Waals surface area (Å²) in [5, 5.41) is 3.18. The highest BCUT2D eigenvalue weighted by atomic mass is 16.1. The van der Waals surface area contributed by atoms with Crippen molar-refractivity contribution in [3.63, 3.8) is 0 Å². The molecule has 0 fully saturated rings. The standard InChI is InChI=1S/C20H22N4O/c1-3-9-18-16(14-22-17-11-6-5-10-15(17)4-2)20(25)24(23-18)19-12-7-8-13-21-19/h5-8,10-14,23H,3-4,9H2,1-2H3. The number of rotatable bonds is 6. The molecular formula is C20H22N4O. The molecule has 5 nitrogen and oxygen atoms in total. The molecule has 0 aliphatic heterocycles. The van der Waals surface area contributed by atoms with Crippen molar-refractivity contribution in [3.05, 3.63) is 75.8 Å². The van der Waals surface area contributed by atoms with E-state index in [-0.39, 0.29) is 5.56 Å². The Labute approximate surface area is 147 Å². The van der Waals surface area contributed by atoms with Crippen LogP contribution in [0.5, 0.6) is 0 Å². The molecule has 3 aromatic rings. The van der Waals surface area contributed by atoms with Gasteiger partial charge >= 0.3 is 0 Å². The summed E-state index contributed by atoms with van der Waals surface area (Å²) in [6, 6.07) is 13.5. The van der Waals surface area contributed by atoms with Gasteiger partial charge in [0.2, 0.25) is 0 Å². The number of benzene rings is 1. The van der Waals surface area contributed by atoms with Crippen LogP contribution in [0.15, 0.2) is 58.4 Å². The number of H-pyrrole nitrogens is 1. The number of nitrogens with zero attached hydrogens (tertiary/aromatic N) is 3. The van der Waals surface area contributed by atoms with E-state index in [9.17, 15) is 4.79 Å². The Bertz CT molecular complexity index is 922. The number of pyridine rings is 1. The molecule has 0 aliphatic carbocycles. The number of aryl methyl sites for hydroxylation is 2. The van der Waals surface area contributed by atoms with Gasteiger partial charge in [-0.1, -0.05) is 44.5 Å². The highest BCUT2D eigenvalue weighted by molar-refractivity contribution is 5.83. The third-order valence-electron chi connectivity index (χ3n) is 4.09. The van der Waals surface area contributed by atoms with Gasteiger partial charge in [0.05, 0.1) is 11.3 Å². The van der Waals surface area contributed by atoms with E-state index in [0.717, 1.165) is 36.2 Å². The molecule has 0 saturated carbocycles. The van der Waals surface area contributed by atoms with E-state index >= 15 is 0 Å². The predicted octanol–water partition coefficient (Wildman–Crippen LogP) is 3.83. The average molecular weight is 334 g/mol. The van der Waals surface area contributed by atoms with Crippen LogP contribution < -0.4 is 5.56 Å². The minimum Gasteiger partial charge on any atom is -0.293 e. The molecular weight excluding hydrogens is 312 g/mol. The smallest absolute Gasteiger partial charge is 0.281 e. The zero-order valence-corrected chi connectivity index (χ0v) is 14.6. The summed E-state index contributed by atoms with van der Waals surface area (Å²) in [7, 11) is 0. The second kappa shape index (κ2) is 7.75. The summed E-state index contributed by atoms with van der Waals surface area (Å²) in [4.78, 5) is 21.7. The first-order valence-electron chi connectivity index (χ1n) is 8.61. The maximum absolute atomic E-state index is 12.8. The Morgan fingerprint density at radius 2 is 1.96 bits per heavy atom. The lowest BCUT2D eigenvalue weighted by molar-refractivity contribution is 0.775. The molecule has 0 saturated heterocycles. The Balaban J connectivity index is 2.04. The zero-order chi connectivity index (χ0) is 17.6. The monoisotopic (exact) mass is 334 g/mol. The summed E-state index contributed by atoms with van der Waals surface area (Å²) in [6.07, 6.45) is 5.98. The molecule has 0 radical (unpaired) electrons. The molecule has 2 aromatic heterocycles. The maximum atomic E-state index is 12.8. The van der Waals surface area contributed by atoms with Crippen LogP contribution in [0.25, 0.3) is 5.82 Å². The zero-order valence-electron chi connectivity index (χ0n) is 14.6. The van der Waals surface area contributed by atoms with E-state index in [1.165, 1.54) is 4.68 Å². The average Bonchev–Trinajstić information content (AvgIpc) is 2.97. The Morgan fingerprint density at radius 3 is 2.68 bits per heavy atom. The molecule has 0 unspecified atom stereocenters. The SMILES string of the molecule is CCCc1[nH]n(-c2ccccn2)c(=O)c1C=Nc1ccccc1CC. The minimum atomic E-state index is -0.125. The first-order chi connectivity index (χ1) is 12.2. The fourth-order valence-electron chi connectivity index (χ4n) is 2.79. The first-order valence-corrected chi connectivity index (χ1v) is 8.61. The number of para-hydroxylation sites is 1. The molecule has 128 valence electrons. The van der Waals surface area contributed by atoms with Gasteiger partial charge in [0.25, 0.3) is 5.56 Å². The van der Waals surface area contributed by atoms with Gasteiger partial charge in [-0.3, -0.25) is 14.9 Å². The third kappa shape index (κ3) is 3.60. The van der Waals surface area contributed by atoms with Crippen molar-refractivity contribution in [2.24, 2.45) is 4.99 Å². The summed E-state index contributed by atoms with van der Waals surface area (Å²) in [5.74, 6) is 0.582. The highest BCUT2D eigenvalue weighted by Crippen LogP contribution is 2.19. The summed E-state index contributed by atoms with van der Waals surface area (Å²) < 4.78 is 1.48. The summed E-state index contributed by atoms with van der Waals surface area (Å²) >= 11 is 0. The Morgan fingerprint density at radius 1 is 1.16 bits per heavy atom. The second-order valence-electron chi connectivity index (χ2n) is 5.82. The van der Waals surface area contributed by atoms with Crippen molar-refractivity contribution in [2.45, 2.75) is 33.1 Å². The summed E-state index contributed by atoms with van der Waals surface area (Å²) in [5.41, 5.74) is 3.42. The normalized spacial score (nSPS) is 11.3. The van der Waals surface area contributed by atoms with E-state index in [1.54, 1.807) is 18.5 Å². The lowest BCUT2D eigenvalue weighted by Gasteiger charge is -2.01. The first kappa shape index (κ1) is 16.9. The molecule has 0 amide bonds. The van der Waals surface area contributed by atoms with Gasteiger partial charge in [-0.05, 0) is 36.6 Å². The number of hydrogen-bond acceptors (Lipinski definition) is 3. The molecule has 1 N–H and O–H groups in total. The molecule has 2 heterocycles. The molecule has 0 aliphatic rings. The number of aromatic nitrogens is 3. The topological polar surface area (TPSA) is 63.0 Å². The number of hydrogen-bond donors (Lipinski definition) is 1. The van der Waals surface area contributed by atoms with E-state index in [2.05, 4.69) is 35.0 Å². The van der Waals surface area contributed by atoms with E-state index in [4.69, 9.17) is 0 Å². The van der Waals surface area contributed by atoms with Crippen LogP contribution in [0.2, 0.25) is 0 Å². The Hall–Kier alpha value is -2.95. The molecule has 1 aromatic carbocycles. The van der Waals surface area contributed by atoms with Crippen LogP contribution in [-0.2, 0) is 12.8 Å². The predicted molar refractivity (Wildman–Crippen MR) is 101 cm³/mol.